The first kappa shape index (κ1) is 13.5. The van der Waals surface area contributed by atoms with Gasteiger partial charge in [0.25, 0.3) is 0 Å². The van der Waals surface area contributed by atoms with E-state index in [4.69, 9.17) is 0 Å². The summed E-state index contributed by atoms with van der Waals surface area (Å²) >= 11 is 0. The molecule has 0 aromatic heterocycles. The molecule has 3 nitrogen and oxygen atoms in total. The fourth-order valence-electron chi connectivity index (χ4n) is 2.91. The van der Waals surface area contributed by atoms with E-state index in [0.29, 0.717) is 12.0 Å². The van der Waals surface area contributed by atoms with Gasteiger partial charge in [-0.2, -0.15) is 0 Å². The van der Waals surface area contributed by atoms with Crippen LogP contribution in [0.1, 0.15) is 52.9 Å². The van der Waals surface area contributed by atoms with Crippen molar-refractivity contribution in [3.05, 3.63) is 0 Å². The molecule has 1 rings (SSSR count). The lowest BCUT2D eigenvalue weighted by molar-refractivity contribution is -0.144. The molecule has 1 aliphatic heterocycles. The smallest absolute Gasteiger partial charge is 0.321 e. The van der Waals surface area contributed by atoms with Gasteiger partial charge < -0.3 is 5.11 Å². The Morgan fingerprint density at radius 2 is 1.94 bits per heavy atom. The number of carboxylic acids is 1. The summed E-state index contributed by atoms with van der Waals surface area (Å²) in [7, 11) is 0. The molecule has 1 aliphatic rings. The summed E-state index contributed by atoms with van der Waals surface area (Å²) in [5.74, 6) is -0.337. The Morgan fingerprint density at radius 3 is 2.38 bits per heavy atom. The summed E-state index contributed by atoms with van der Waals surface area (Å²) in [6.07, 6.45) is 5.57. The molecular weight excluding hydrogens is 202 g/mol. The van der Waals surface area contributed by atoms with E-state index < -0.39 is 5.97 Å². The van der Waals surface area contributed by atoms with E-state index in [9.17, 15) is 9.90 Å². The number of hydrogen-bond donors (Lipinski definition) is 1. The normalized spacial score (nSPS) is 26.5. The van der Waals surface area contributed by atoms with Gasteiger partial charge in [-0.15, -0.1) is 0 Å². The number of nitrogens with zero attached hydrogens (tertiary/aromatic N) is 1. The van der Waals surface area contributed by atoms with Gasteiger partial charge in [-0.05, 0) is 31.7 Å². The topological polar surface area (TPSA) is 40.5 Å². The zero-order chi connectivity index (χ0) is 12.1. The molecule has 0 aromatic carbocycles. The van der Waals surface area contributed by atoms with Crippen LogP contribution in [0.5, 0.6) is 0 Å². The highest BCUT2D eigenvalue weighted by atomic mass is 16.4. The predicted molar refractivity (Wildman–Crippen MR) is 65.5 cm³/mol. The molecule has 0 amide bonds. The highest BCUT2D eigenvalue weighted by Gasteiger charge is 2.39. The van der Waals surface area contributed by atoms with E-state index in [-0.39, 0.29) is 6.04 Å². The zero-order valence-electron chi connectivity index (χ0n) is 10.8. The summed E-state index contributed by atoms with van der Waals surface area (Å²) in [5, 5.41) is 9.30. The minimum atomic E-state index is -0.637. The van der Waals surface area contributed by atoms with Crippen molar-refractivity contribution in [2.75, 3.05) is 6.54 Å². The summed E-state index contributed by atoms with van der Waals surface area (Å²) in [4.78, 5) is 13.5. The van der Waals surface area contributed by atoms with E-state index in [1.54, 1.807) is 0 Å². The molecule has 0 spiro atoms. The van der Waals surface area contributed by atoms with Crippen molar-refractivity contribution >= 4 is 5.97 Å². The second kappa shape index (κ2) is 6.24. The maximum atomic E-state index is 11.3. The SMILES string of the molecule is CCCC(CCC)N1CCC(C)C1C(=O)O. The van der Waals surface area contributed by atoms with E-state index in [0.717, 1.165) is 38.6 Å². The summed E-state index contributed by atoms with van der Waals surface area (Å²) in [6.45, 7) is 7.38. The van der Waals surface area contributed by atoms with Crippen LogP contribution in [0.15, 0.2) is 0 Å². The Hall–Kier alpha value is -0.570. The number of hydrogen-bond acceptors (Lipinski definition) is 2. The largest absolute Gasteiger partial charge is 0.480 e. The van der Waals surface area contributed by atoms with Gasteiger partial charge in [0, 0.05) is 6.04 Å². The third-order valence-electron chi connectivity index (χ3n) is 3.70. The second-order valence-corrected chi connectivity index (χ2v) is 5.02. The third kappa shape index (κ3) is 2.97. The van der Waals surface area contributed by atoms with Crippen molar-refractivity contribution in [3.63, 3.8) is 0 Å². The van der Waals surface area contributed by atoms with Gasteiger partial charge in [0.1, 0.15) is 6.04 Å². The Morgan fingerprint density at radius 1 is 1.38 bits per heavy atom. The van der Waals surface area contributed by atoms with E-state index in [2.05, 4.69) is 25.7 Å². The maximum Gasteiger partial charge on any atom is 0.321 e. The van der Waals surface area contributed by atoms with Crippen LogP contribution in [-0.2, 0) is 4.79 Å². The molecule has 1 heterocycles. The molecule has 1 fully saturated rings. The van der Waals surface area contributed by atoms with Gasteiger partial charge in [-0.1, -0.05) is 33.6 Å². The molecule has 3 heteroatoms. The minimum Gasteiger partial charge on any atom is -0.480 e. The molecule has 0 radical (unpaired) electrons. The molecule has 1 saturated heterocycles. The van der Waals surface area contributed by atoms with E-state index in [1.807, 2.05) is 0 Å². The molecule has 0 aliphatic carbocycles. The van der Waals surface area contributed by atoms with Crippen LogP contribution in [0.25, 0.3) is 0 Å². The van der Waals surface area contributed by atoms with Crippen LogP contribution in [0.4, 0.5) is 0 Å². The lowest BCUT2D eigenvalue weighted by atomic mass is 10.00. The molecule has 2 unspecified atom stereocenters. The maximum absolute atomic E-state index is 11.3. The first-order valence-corrected chi connectivity index (χ1v) is 6.60. The lowest BCUT2D eigenvalue weighted by Gasteiger charge is -2.32. The fourth-order valence-corrected chi connectivity index (χ4v) is 2.91. The van der Waals surface area contributed by atoms with Crippen LogP contribution < -0.4 is 0 Å². The van der Waals surface area contributed by atoms with Crippen molar-refractivity contribution in [2.45, 2.75) is 65.0 Å². The Kier molecular flexibility index (Phi) is 5.26. The average molecular weight is 227 g/mol. The van der Waals surface area contributed by atoms with Gasteiger partial charge in [-0.3, -0.25) is 9.69 Å². The van der Waals surface area contributed by atoms with Gasteiger partial charge in [0.2, 0.25) is 0 Å². The quantitative estimate of drug-likeness (QED) is 0.758. The number of rotatable bonds is 6. The second-order valence-electron chi connectivity index (χ2n) is 5.02. The predicted octanol–water partition coefficient (Wildman–Crippen LogP) is 2.75. The van der Waals surface area contributed by atoms with Crippen molar-refractivity contribution < 1.29 is 9.90 Å². The Labute approximate surface area is 98.8 Å². The Balaban J connectivity index is 2.70. The Bertz CT molecular complexity index is 224. The molecule has 0 saturated carbocycles. The van der Waals surface area contributed by atoms with Crippen molar-refractivity contribution in [2.24, 2.45) is 5.92 Å². The van der Waals surface area contributed by atoms with Gasteiger partial charge in [0.15, 0.2) is 0 Å². The standard InChI is InChI=1S/C13H25NO2/c1-4-6-11(7-5-2)14-9-8-10(3)12(14)13(15)16/h10-12H,4-9H2,1-3H3,(H,15,16). The van der Waals surface area contributed by atoms with Crippen molar-refractivity contribution in [1.29, 1.82) is 0 Å². The van der Waals surface area contributed by atoms with Crippen molar-refractivity contribution in [3.8, 4) is 0 Å². The number of aliphatic carboxylic acids is 1. The van der Waals surface area contributed by atoms with E-state index >= 15 is 0 Å². The van der Waals surface area contributed by atoms with Gasteiger partial charge >= 0.3 is 5.97 Å². The molecule has 1 N–H and O–H groups in total. The summed E-state index contributed by atoms with van der Waals surface area (Å²) in [5.41, 5.74) is 0. The molecule has 0 bridgehead atoms. The number of likely N-dealkylation sites (tertiary alicyclic amines) is 1. The third-order valence-corrected chi connectivity index (χ3v) is 3.70. The fraction of sp³-hybridized carbons (Fsp3) is 0.923. The molecule has 2 atom stereocenters. The van der Waals surface area contributed by atoms with Gasteiger partial charge in [-0.25, -0.2) is 0 Å². The number of carbonyl (C=O) groups is 1. The van der Waals surface area contributed by atoms with Crippen LogP contribution in [0.2, 0.25) is 0 Å². The van der Waals surface area contributed by atoms with Crippen LogP contribution in [0, 0.1) is 5.92 Å². The zero-order valence-corrected chi connectivity index (χ0v) is 10.8. The van der Waals surface area contributed by atoms with Crippen molar-refractivity contribution in [1.82, 2.24) is 4.90 Å². The lowest BCUT2D eigenvalue weighted by Crippen LogP contribution is -2.45. The molecule has 94 valence electrons. The first-order valence-electron chi connectivity index (χ1n) is 6.60. The highest BCUT2D eigenvalue weighted by Crippen LogP contribution is 2.29. The first-order chi connectivity index (χ1) is 7.61. The summed E-state index contributed by atoms with van der Waals surface area (Å²) < 4.78 is 0. The highest BCUT2D eigenvalue weighted by molar-refractivity contribution is 5.74. The molecule has 16 heavy (non-hydrogen) atoms. The minimum absolute atomic E-state index is 0.247. The van der Waals surface area contributed by atoms with Gasteiger partial charge in [0.05, 0.1) is 0 Å². The average Bonchev–Trinajstić information content (AvgIpc) is 2.60. The van der Waals surface area contributed by atoms with E-state index in [1.165, 1.54) is 0 Å². The molecule has 0 aromatic rings. The summed E-state index contributed by atoms with van der Waals surface area (Å²) in [6, 6.07) is 0.226. The van der Waals surface area contributed by atoms with Crippen LogP contribution in [-0.4, -0.2) is 34.6 Å². The van der Waals surface area contributed by atoms with Crippen LogP contribution in [0.3, 0.4) is 0 Å². The monoisotopic (exact) mass is 227 g/mol. The number of carboxylic acid groups (broad SMARTS) is 1. The molecular formula is C13H25NO2. The van der Waals surface area contributed by atoms with Crippen LogP contribution >= 0.6 is 0 Å².